The van der Waals surface area contributed by atoms with Crippen molar-refractivity contribution in [2.45, 2.75) is 57.2 Å². The lowest BCUT2D eigenvalue weighted by Crippen LogP contribution is -2.42. The Kier molecular flexibility index (Phi) is 3.79. The SMILES string of the molecule is CC(C)N[C@H]1CC[C@@](O)(c2ccccn2)CC1. The molecule has 0 aliphatic heterocycles. The monoisotopic (exact) mass is 234 g/mol. The molecule has 17 heavy (non-hydrogen) atoms. The van der Waals surface area contributed by atoms with Crippen LogP contribution in [0.15, 0.2) is 24.4 Å². The maximum atomic E-state index is 10.6. The molecule has 0 spiro atoms. The highest BCUT2D eigenvalue weighted by Crippen LogP contribution is 2.35. The van der Waals surface area contributed by atoms with Crippen LogP contribution in [0.2, 0.25) is 0 Å². The average molecular weight is 234 g/mol. The number of hydrogen-bond acceptors (Lipinski definition) is 3. The summed E-state index contributed by atoms with van der Waals surface area (Å²) < 4.78 is 0. The van der Waals surface area contributed by atoms with Crippen molar-refractivity contribution in [2.75, 3.05) is 0 Å². The molecule has 3 nitrogen and oxygen atoms in total. The third-order valence-electron chi connectivity index (χ3n) is 3.52. The van der Waals surface area contributed by atoms with Crippen molar-refractivity contribution in [1.82, 2.24) is 10.3 Å². The predicted molar refractivity (Wildman–Crippen MR) is 68.7 cm³/mol. The van der Waals surface area contributed by atoms with Gasteiger partial charge in [-0.2, -0.15) is 0 Å². The molecule has 1 aromatic heterocycles. The first-order valence-electron chi connectivity index (χ1n) is 6.50. The molecule has 1 fully saturated rings. The first kappa shape index (κ1) is 12.5. The van der Waals surface area contributed by atoms with Gasteiger partial charge in [0.2, 0.25) is 0 Å². The summed E-state index contributed by atoms with van der Waals surface area (Å²) in [6.07, 6.45) is 5.39. The van der Waals surface area contributed by atoms with E-state index in [4.69, 9.17) is 0 Å². The van der Waals surface area contributed by atoms with Crippen LogP contribution in [-0.4, -0.2) is 22.2 Å². The molecule has 0 aromatic carbocycles. The largest absolute Gasteiger partial charge is 0.384 e. The van der Waals surface area contributed by atoms with Gasteiger partial charge in [0.05, 0.1) is 5.69 Å². The van der Waals surface area contributed by atoms with Crippen LogP contribution in [0, 0.1) is 0 Å². The first-order chi connectivity index (χ1) is 8.10. The van der Waals surface area contributed by atoms with E-state index < -0.39 is 5.60 Å². The minimum atomic E-state index is -0.712. The summed E-state index contributed by atoms with van der Waals surface area (Å²) in [4.78, 5) is 4.29. The van der Waals surface area contributed by atoms with Crippen LogP contribution in [0.3, 0.4) is 0 Å². The molecule has 0 atom stereocenters. The number of hydrogen-bond donors (Lipinski definition) is 2. The number of nitrogens with one attached hydrogen (secondary N) is 1. The molecule has 0 radical (unpaired) electrons. The minimum absolute atomic E-state index is 0.515. The zero-order chi connectivity index (χ0) is 12.3. The molecule has 1 saturated carbocycles. The summed E-state index contributed by atoms with van der Waals surface area (Å²) in [5, 5.41) is 14.1. The van der Waals surface area contributed by atoms with Crippen LogP contribution in [0.5, 0.6) is 0 Å². The van der Waals surface area contributed by atoms with Gasteiger partial charge in [-0.1, -0.05) is 19.9 Å². The van der Waals surface area contributed by atoms with E-state index in [1.54, 1.807) is 6.20 Å². The van der Waals surface area contributed by atoms with E-state index in [2.05, 4.69) is 24.1 Å². The fourth-order valence-corrected chi connectivity index (χ4v) is 2.63. The number of rotatable bonds is 3. The highest BCUT2D eigenvalue weighted by Gasteiger charge is 2.35. The second kappa shape index (κ2) is 5.15. The maximum Gasteiger partial charge on any atom is 0.107 e. The maximum absolute atomic E-state index is 10.6. The fraction of sp³-hybridized carbons (Fsp3) is 0.643. The average Bonchev–Trinajstić information content (AvgIpc) is 2.33. The third kappa shape index (κ3) is 3.05. The van der Waals surface area contributed by atoms with Gasteiger partial charge in [-0.25, -0.2) is 0 Å². The van der Waals surface area contributed by atoms with Gasteiger partial charge in [0.25, 0.3) is 0 Å². The molecule has 3 heteroatoms. The molecular formula is C14H22N2O. The number of pyridine rings is 1. The van der Waals surface area contributed by atoms with E-state index in [0.717, 1.165) is 31.4 Å². The van der Waals surface area contributed by atoms with E-state index in [1.165, 1.54) is 0 Å². The second-order valence-electron chi connectivity index (χ2n) is 5.34. The van der Waals surface area contributed by atoms with Gasteiger partial charge in [-0.3, -0.25) is 4.98 Å². The zero-order valence-electron chi connectivity index (χ0n) is 10.7. The number of aliphatic hydroxyl groups is 1. The standard InChI is InChI=1S/C14H22N2O/c1-11(2)16-12-6-8-14(17,9-7-12)13-5-3-4-10-15-13/h3-5,10-12,16-17H,6-9H2,1-2H3/t12-,14-. The lowest BCUT2D eigenvalue weighted by Gasteiger charge is -2.36. The summed E-state index contributed by atoms with van der Waals surface area (Å²) in [6.45, 7) is 4.33. The van der Waals surface area contributed by atoms with Crippen molar-refractivity contribution in [2.24, 2.45) is 0 Å². The highest BCUT2D eigenvalue weighted by molar-refractivity contribution is 5.14. The zero-order valence-corrected chi connectivity index (χ0v) is 10.7. The topological polar surface area (TPSA) is 45.1 Å². The molecule has 1 aliphatic rings. The molecule has 0 unspecified atom stereocenters. The van der Waals surface area contributed by atoms with Crippen LogP contribution in [-0.2, 0) is 5.60 Å². The molecule has 1 heterocycles. The van der Waals surface area contributed by atoms with Gasteiger partial charge >= 0.3 is 0 Å². The summed E-state index contributed by atoms with van der Waals surface area (Å²) in [5.41, 5.74) is 0.110. The molecule has 0 amide bonds. The van der Waals surface area contributed by atoms with Crippen molar-refractivity contribution in [3.63, 3.8) is 0 Å². The van der Waals surface area contributed by atoms with E-state index >= 15 is 0 Å². The molecule has 1 aliphatic carbocycles. The first-order valence-corrected chi connectivity index (χ1v) is 6.50. The van der Waals surface area contributed by atoms with Crippen LogP contribution < -0.4 is 5.32 Å². The van der Waals surface area contributed by atoms with Crippen LogP contribution in [0.1, 0.15) is 45.2 Å². The van der Waals surface area contributed by atoms with Crippen molar-refractivity contribution in [3.05, 3.63) is 30.1 Å². The van der Waals surface area contributed by atoms with Crippen LogP contribution >= 0.6 is 0 Å². The second-order valence-corrected chi connectivity index (χ2v) is 5.34. The summed E-state index contributed by atoms with van der Waals surface area (Å²) in [7, 11) is 0. The normalized spacial score (nSPS) is 29.5. The number of nitrogens with zero attached hydrogens (tertiary/aromatic N) is 1. The summed E-state index contributed by atoms with van der Waals surface area (Å²) in [6, 6.07) is 6.81. The molecule has 2 N–H and O–H groups in total. The van der Waals surface area contributed by atoms with Crippen molar-refractivity contribution < 1.29 is 5.11 Å². The van der Waals surface area contributed by atoms with E-state index in [0.29, 0.717) is 12.1 Å². The van der Waals surface area contributed by atoms with E-state index in [-0.39, 0.29) is 0 Å². The minimum Gasteiger partial charge on any atom is -0.384 e. The molecular weight excluding hydrogens is 212 g/mol. The molecule has 0 saturated heterocycles. The lowest BCUT2D eigenvalue weighted by atomic mass is 9.79. The van der Waals surface area contributed by atoms with Crippen molar-refractivity contribution >= 4 is 0 Å². The third-order valence-corrected chi connectivity index (χ3v) is 3.52. The molecule has 2 rings (SSSR count). The van der Waals surface area contributed by atoms with Gasteiger partial charge in [0.1, 0.15) is 5.60 Å². The Labute approximate surface area is 103 Å². The van der Waals surface area contributed by atoms with Gasteiger partial charge < -0.3 is 10.4 Å². The summed E-state index contributed by atoms with van der Waals surface area (Å²) in [5.74, 6) is 0. The Morgan fingerprint density at radius 3 is 2.59 bits per heavy atom. The van der Waals surface area contributed by atoms with E-state index in [1.807, 2.05) is 18.2 Å². The fourth-order valence-electron chi connectivity index (χ4n) is 2.63. The Hall–Kier alpha value is -0.930. The Balaban J connectivity index is 1.98. The van der Waals surface area contributed by atoms with Gasteiger partial charge in [-0.15, -0.1) is 0 Å². The van der Waals surface area contributed by atoms with Crippen LogP contribution in [0.4, 0.5) is 0 Å². The van der Waals surface area contributed by atoms with Gasteiger partial charge in [-0.05, 0) is 37.8 Å². The Morgan fingerprint density at radius 2 is 2.06 bits per heavy atom. The van der Waals surface area contributed by atoms with Gasteiger partial charge in [0.15, 0.2) is 0 Å². The summed E-state index contributed by atoms with van der Waals surface area (Å²) >= 11 is 0. The Morgan fingerprint density at radius 1 is 1.35 bits per heavy atom. The van der Waals surface area contributed by atoms with E-state index in [9.17, 15) is 5.11 Å². The smallest absolute Gasteiger partial charge is 0.107 e. The number of aromatic nitrogens is 1. The Bertz CT molecular complexity index is 342. The molecule has 94 valence electrons. The molecule has 0 bridgehead atoms. The quantitative estimate of drug-likeness (QED) is 0.843. The van der Waals surface area contributed by atoms with Crippen LogP contribution in [0.25, 0.3) is 0 Å². The predicted octanol–water partition coefficient (Wildman–Crippen LogP) is 2.21. The van der Waals surface area contributed by atoms with Crippen molar-refractivity contribution in [3.8, 4) is 0 Å². The van der Waals surface area contributed by atoms with Crippen molar-refractivity contribution in [1.29, 1.82) is 0 Å². The lowest BCUT2D eigenvalue weighted by molar-refractivity contribution is -0.0128. The van der Waals surface area contributed by atoms with Gasteiger partial charge in [0, 0.05) is 18.3 Å². The highest BCUT2D eigenvalue weighted by atomic mass is 16.3. The molecule has 1 aromatic rings.